The number of nitrogens with zero attached hydrogens (tertiary/aromatic N) is 3. The Labute approximate surface area is 162 Å². The molecule has 136 valence electrons. The first-order chi connectivity index (χ1) is 12.9. The number of ketones is 1. The van der Waals surface area contributed by atoms with E-state index < -0.39 is 0 Å². The van der Waals surface area contributed by atoms with Gasteiger partial charge in [0.05, 0.1) is 23.0 Å². The van der Waals surface area contributed by atoms with Crippen molar-refractivity contribution in [2.24, 2.45) is 0 Å². The first-order valence-electron chi connectivity index (χ1n) is 8.38. The summed E-state index contributed by atoms with van der Waals surface area (Å²) < 4.78 is 1.97. The minimum absolute atomic E-state index is 0.0946. The molecule has 1 amide bonds. The number of anilines is 1. The van der Waals surface area contributed by atoms with E-state index in [1.165, 1.54) is 11.8 Å². The highest BCUT2D eigenvalue weighted by Gasteiger charge is 2.21. The molecule has 5 nitrogen and oxygen atoms in total. The second kappa shape index (κ2) is 7.26. The zero-order chi connectivity index (χ0) is 19.7. The molecule has 2 aromatic carbocycles. The minimum Gasteiger partial charge on any atom is -0.316 e. The third-order valence-electron chi connectivity index (χ3n) is 4.70. The summed E-state index contributed by atoms with van der Waals surface area (Å²) in [5.74, 6) is -0.392. The lowest BCUT2D eigenvalue weighted by molar-refractivity contribution is -0.116. The molecule has 0 atom stereocenters. The highest BCUT2D eigenvalue weighted by Crippen LogP contribution is 2.32. The maximum absolute atomic E-state index is 12.5. The molecule has 0 unspecified atom stereocenters. The van der Waals surface area contributed by atoms with Gasteiger partial charge in [0.2, 0.25) is 5.91 Å². The van der Waals surface area contributed by atoms with Crippen LogP contribution in [0.5, 0.6) is 0 Å². The van der Waals surface area contributed by atoms with Crippen molar-refractivity contribution in [1.29, 1.82) is 5.26 Å². The monoisotopic (exact) mass is 379 g/mol. The van der Waals surface area contributed by atoms with Crippen molar-refractivity contribution in [3.8, 4) is 11.8 Å². The first-order valence-corrected chi connectivity index (χ1v) is 8.91. The second-order valence-electron chi connectivity index (χ2n) is 6.29. The molecule has 0 saturated carbocycles. The topological polar surface area (TPSA) is 66.1 Å². The summed E-state index contributed by atoms with van der Waals surface area (Å²) >= 11 is 5.85. The van der Waals surface area contributed by atoms with Crippen LogP contribution in [-0.4, -0.2) is 29.2 Å². The van der Waals surface area contributed by atoms with Gasteiger partial charge in [-0.1, -0.05) is 0 Å². The van der Waals surface area contributed by atoms with Gasteiger partial charge in [-0.2, -0.15) is 5.26 Å². The van der Waals surface area contributed by atoms with Gasteiger partial charge < -0.3 is 9.47 Å². The van der Waals surface area contributed by atoms with E-state index >= 15 is 0 Å². The summed E-state index contributed by atoms with van der Waals surface area (Å²) in [6.45, 7) is 3.36. The average molecular weight is 380 g/mol. The number of aromatic nitrogens is 1. The molecule has 0 aliphatic heterocycles. The lowest BCUT2D eigenvalue weighted by atomic mass is 10.1. The van der Waals surface area contributed by atoms with Crippen LogP contribution in [0.25, 0.3) is 16.6 Å². The minimum atomic E-state index is -0.172. The number of fused-ring (bicyclic) bond motifs is 1. The fraction of sp³-hybridized carbons (Fsp3) is 0.190. The maximum atomic E-state index is 12.5. The Kier molecular flexibility index (Phi) is 5.02. The van der Waals surface area contributed by atoms with Crippen molar-refractivity contribution >= 4 is 39.9 Å². The normalized spacial score (nSPS) is 10.6. The Bertz CT molecular complexity index is 1090. The van der Waals surface area contributed by atoms with Gasteiger partial charge in [-0.05, 0) is 49.4 Å². The number of Topliss-reactive ketones (excluding diaryl/α,β-unsaturated/α-hetero) is 1. The average Bonchev–Trinajstić information content (AvgIpc) is 2.97. The van der Waals surface area contributed by atoms with Gasteiger partial charge in [0.15, 0.2) is 5.78 Å². The van der Waals surface area contributed by atoms with E-state index in [9.17, 15) is 9.59 Å². The number of halogens is 1. The molecule has 27 heavy (non-hydrogen) atoms. The van der Waals surface area contributed by atoms with Crippen LogP contribution < -0.4 is 4.90 Å². The summed E-state index contributed by atoms with van der Waals surface area (Å²) in [5, 5.41) is 9.76. The molecular formula is C21H18ClN3O2. The molecule has 0 spiro atoms. The van der Waals surface area contributed by atoms with Crippen LogP contribution >= 0.6 is 11.6 Å². The fourth-order valence-corrected chi connectivity index (χ4v) is 3.37. The van der Waals surface area contributed by atoms with E-state index in [-0.39, 0.29) is 17.6 Å². The Balaban J connectivity index is 2.31. The van der Waals surface area contributed by atoms with Crippen LogP contribution in [0.2, 0.25) is 0 Å². The van der Waals surface area contributed by atoms with E-state index in [1.54, 1.807) is 19.2 Å². The van der Waals surface area contributed by atoms with E-state index in [1.807, 2.05) is 41.8 Å². The standard InChI is InChI=1S/C21H18ClN3O2/c1-13-21(20(27)11-22)18-10-17(24(3)14(2)26)8-9-19(18)25(13)16-6-4-15(12-23)5-7-16/h4-10H,11H2,1-3H3. The number of nitriles is 1. The molecule has 0 saturated heterocycles. The Hall–Kier alpha value is -3.10. The third kappa shape index (κ3) is 3.20. The number of benzene rings is 2. The molecule has 3 aromatic rings. The zero-order valence-corrected chi connectivity index (χ0v) is 16.0. The lowest BCUT2D eigenvalue weighted by Crippen LogP contribution is -2.22. The van der Waals surface area contributed by atoms with Gasteiger partial charge >= 0.3 is 0 Å². The number of carbonyl (C=O) groups is 2. The van der Waals surface area contributed by atoms with Crippen molar-refractivity contribution in [2.75, 3.05) is 17.8 Å². The van der Waals surface area contributed by atoms with Gasteiger partial charge in [0.1, 0.15) is 0 Å². The fourth-order valence-electron chi connectivity index (χ4n) is 3.23. The predicted molar refractivity (Wildman–Crippen MR) is 107 cm³/mol. The summed E-state index contributed by atoms with van der Waals surface area (Å²) in [5.41, 5.74) is 4.27. The van der Waals surface area contributed by atoms with Gasteiger partial charge in [-0.25, -0.2) is 0 Å². The van der Waals surface area contributed by atoms with Crippen molar-refractivity contribution < 1.29 is 9.59 Å². The Morgan fingerprint density at radius 2 is 1.85 bits per heavy atom. The summed E-state index contributed by atoms with van der Waals surface area (Å²) in [7, 11) is 1.69. The molecule has 1 aromatic heterocycles. The highest BCUT2D eigenvalue weighted by atomic mass is 35.5. The Morgan fingerprint density at radius 1 is 1.19 bits per heavy atom. The summed E-state index contributed by atoms with van der Waals surface area (Å²) in [6.07, 6.45) is 0. The van der Waals surface area contributed by atoms with Crippen LogP contribution in [0.15, 0.2) is 42.5 Å². The quantitative estimate of drug-likeness (QED) is 0.503. The Morgan fingerprint density at radius 3 is 2.41 bits per heavy atom. The molecular weight excluding hydrogens is 362 g/mol. The molecule has 0 N–H and O–H groups in total. The van der Waals surface area contributed by atoms with E-state index in [2.05, 4.69) is 6.07 Å². The lowest BCUT2D eigenvalue weighted by Gasteiger charge is -2.15. The van der Waals surface area contributed by atoms with Crippen LogP contribution in [0.3, 0.4) is 0 Å². The van der Waals surface area contributed by atoms with Crippen molar-refractivity contribution in [3.05, 3.63) is 59.3 Å². The number of hydrogen-bond donors (Lipinski definition) is 0. The number of rotatable bonds is 4. The van der Waals surface area contributed by atoms with Crippen LogP contribution in [0.1, 0.15) is 28.5 Å². The molecule has 6 heteroatoms. The smallest absolute Gasteiger partial charge is 0.223 e. The van der Waals surface area contributed by atoms with E-state index in [0.717, 1.165) is 22.3 Å². The van der Waals surface area contributed by atoms with Gasteiger partial charge in [0, 0.05) is 42.0 Å². The van der Waals surface area contributed by atoms with E-state index in [4.69, 9.17) is 16.9 Å². The number of hydrogen-bond acceptors (Lipinski definition) is 3. The summed E-state index contributed by atoms with van der Waals surface area (Å²) in [6, 6.07) is 14.8. The molecule has 0 radical (unpaired) electrons. The van der Waals surface area contributed by atoms with Gasteiger partial charge in [-0.15, -0.1) is 11.6 Å². The predicted octanol–water partition coefficient (Wildman–Crippen LogP) is 4.21. The molecule has 1 heterocycles. The van der Waals surface area contributed by atoms with E-state index in [0.29, 0.717) is 16.8 Å². The number of alkyl halides is 1. The summed E-state index contributed by atoms with van der Waals surface area (Å²) in [4.78, 5) is 25.8. The van der Waals surface area contributed by atoms with Crippen LogP contribution in [-0.2, 0) is 4.79 Å². The number of amides is 1. The molecule has 0 fully saturated rings. The van der Waals surface area contributed by atoms with Crippen molar-refractivity contribution in [1.82, 2.24) is 4.57 Å². The van der Waals surface area contributed by atoms with Crippen LogP contribution in [0.4, 0.5) is 5.69 Å². The first kappa shape index (κ1) is 18.7. The molecule has 0 aliphatic carbocycles. The SMILES string of the molecule is CC(=O)N(C)c1ccc2c(c1)c(C(=O)CCl)c(C)n2-c1ccc(C#N)cc1. The molecule has 0 aliphatic rings. The number of carbonyl (C=O) groups excluding carboxylic acids is 2. The molecule has 0 bridgehead atoms. The highest BCUT2D eigenvalue weighted by molar-refractivity contribution is 6.32. The van der Waals surface area contributed by atoms with Crippen molar-refractivity contribution in [2.45, 2.75) is 13.8 Å². The zero-order valence-electron chi connectivity index (χ0n) is 15.3. The van der Waals surface area contributed by atoms with Crippen LogP contribution in [0, 0.1) is 18.3 Å². The third-order valence-corrected chi connectivity index (χ3v) is 4.94. The molecule has 3 rings (SSSR count). The largest absolute Gasteiger partial charge is 0.316 e. The van der Waals surface area contributed by atoms with Gasteiger partial charge in [-0.3, -0.25) is 9.59 Å². The van der Waals surface area contributed by atoms with Gasteiger partial charge in [0.25, 0.3) is 0 Å². The van der Waals surface area contributed by atoms with Crippen molar-refractivity contribution in [3.63, 3.8) is 0 Å². The maximum Gasteiger partial charge on any atom is 0.223 e. The second-order valence-corrected chi connectivity index (χ2v) is 6.56.